The molecule has 2 heterocycles. The van der Waals surface area contributed by atoms with Crippen molar-refractivity contribution in [2.45, 2.75) is 0 Å². The van der Waals surface area contributed by atoms with E-state index in [1.807, 2.05) is 12.1 Å². The summed E-state index contributed by atoms with van der Waals surface area (Å²) in [6.07, 6.45) is 0. The van der Waals surface area contributed by atoms with Gasteiger partial charge in [0, 0.05) is 43.7 Å². The van der Waals surface area contributed by atoms with Crippen molar-refractivity contribution in [1.82, 2.24) is 4.37 Å². The van der Waals surface area contributed by atoms with E-state index < -0.39 is 4.92 Å². The lowest BCUT2D eigenvalue weighted by Gasteiger charge is -2.36. The van der Waals surface area contributed by atoms with Gasteiger partial charge in [0.05, 0.1) is 20.9 Å². The van der Waals surface area contributed by atoms with E-state index in [0.717, 1.165) is 37.7 Å². The Kier molecular flexibility index (Phi) is 4.14. The SMILES string of the molecule is N#Cc1cc([N+](=O)[O-])ccc1N1CCN(c2nsc3ccccc23)CC1. The first-order valence-corrected chi connectivity index (χ1v) is 8.97. The predicted molar refractivity (Wildman–Crippen MR) is 102 cm³/mol. The second-order valence-corrected chi connectivity index (χ2v) is 6.85. The molecule has 7 nitrogen and oxygen atoms in total. The zero-order valence-electron chi connectivity index (χ0n) is 13.8. The number of rotatable bonds is 3. The number of nitro groups is 1. The smallest absolute Gasteiger partial charge is 0.270 e. The molecule has 1 fully saturated rings. The Morgan fingerprint density at radius 2 is 1.85 bits per heavy atom. The first kappa shape index (κ1) is 16.3. The lowest BCUT2D eigenvalue weighted by molar-refractivity contribution is -0.384. The van der Waals surface area contributed by atoms with Gasteiger partial charge in [0.2, 0.25) is 0 Å². The number of non-ortho nitro benzene ring substituents is 1. The molecule has 2 aromatic carbocycles. The van der Waals surface area contributed by atoms with Gasteiger partial charge >= 0.3 is 0 Å². The van der Waals surface area contributed by atoms with Gasteiger partial charge < -0.3 is 9.80 Å². The molecule has 0 bridgehead atoms. The molecule has 0 atom stereocenters. The maximum Gasteiger partial charge on any atom is 0.270 e. The molecule has 4 rings (SSSR count). The molecule has 3 aromatic rings. The summed E-state index contributed by atoms with van der Waals surface area (Å²) in [6.45, 7) is 3.04. The summed E-state index contributed by atoms with van der Waals surface area (Å²) in [4.78, 5) is 14.8. The van der Waals surface area contributed by atoms with Crippen LogP contribution >= 0.6 is 11.5 Å². The topological polar surface area (TPSA) is 86.3 Å². The molecule has 1 aromatic heterocycles. The molecule has 1 aliphatic rings. The van der Waals surface area contributed by atoms with Crippen LogP contribution in [0.25, 0.3) is 10.1 Å². The fourth-order valence-corrected chi connectivity index (χ4v) is 4.06. The minimum absolute atomic E-state index is 0.0575. The van der Waals surface area contributed by atoms with Crippen LogP contribution in [0.4, 0.5) is 17.2 Å². The summed E-state index contributed by atoms with van der Waals surface area (Å²) in [5.74, 6) is 1.01. The molecule has 0 N–H and O–H groups in total. The Labute approximate surface area is 154 Å². The minimum Gasteiger partial charge on any atom is -0.367 e. The normalized spacial score (nSPS) is 14.4. The highest BCUT2D eigenvalue weighted by atomic mass is 32.1. The molecule has 1 saturated heterocycles. The number of hydrogen-bond acceptors (Lipinski definition) is 7. The molecule has 0 aliphatic carbocycles. The molecule has 1 aliphatic heterocycles. The minimum atomic E-state index is -0.476. The van der Waals surface area contributed by atoms with Gasteiger partial charge in [-0.15, -0.1) is 0 Å². The van der Waals surface area contributed by atoms with E-state index in [9.17, 15) is 15.4 Å². The number of nitro benzene ring substituents is 1. The second-order valence-electron chi connectivity index (χ2n) is 6.05. The summed E-state index contributed by atoms with van der Waals surface area (Å²) in [7, 11) is 0. The van der Waals surface area contributed by atoms with E-state index >= 15 is 0 Å². The number of benzene rings is 2. The largest absolute Gasteiger partial charge is 0.367 e. The maximum atomic E-state index is 10.9. The summed E-state index contributed by atoms with van der Waals surface area (Å²) in [5.41, 5.74) is 1.03. The number of piperazine rings is 1. The second kappa shape index (κ2) is 6.61. The van der Waals surface area contributed by atoms with Gasteiger partial charge in [-0.05, 0) is 29.7 Å². The van der Waals surface area contributed by atoms with E-state index in [-0.39, 0.29) is 5.69 Å². The van der Waals surface area contributed by atoms with Gasteiger partial charge in [-0.1, -0.05) is 12.1 Å². The van der Waals surface area contributed by atoms with E-state index in [1.165, 1.54) is 33.8 Å². The zero-order valence-corrected chi connectivity index (χ0v) is 14.6. The molecular weight excluding hydrogens is 350 g/mol. The van der Waals surface area contributed by atoms with Crippen LogP contribution in [0.1, 0.15) is 5.56 Å². The maximum absolute atomic E-state index is 10.9. The van der Waals surface area contributed by atoms with Crippen LogP contribution in [0, 0.1) is 21.4 Å². The summed E-state index contributed by atoms with van der Waals surface area (Å²) in [5, 5.41) is 21.4. The van der Waals surface area contributed by atoms with Crippen LogP contribution in [0.3, 0.4) is 0 Å². The summed E-state index contributed by atoms with van der Waals surface area (Å²) >= 11 is 1.50. The van der Waals surface area contributed by atoms with Gasteiger partial charge in [0.1, 0.15) is 11.9 Å². The van der Waals surface area contributed by atoms with Crippen LogP contribution in [-0.2, 0) is 0 Å². The average molecular weight is 365 g/mol. The Balaban J connectivity index is 1.54. The third-order valence-corrected chi connectivity index (χ3v) is 5.41. The van der Waals surface area contributed by atoms with Crippen LogP contribution < -0.4 is 9.80 Å². The first-order valence-electron chi connectivity index (χ1n) is 8.20. The highest BCUT2D eigenvalue weighted by Gasteiger charge is 2.23. The van der Waals surface area contributed by atoms with Gasteiger partial charge in [-0.3, -0.25) is 10.1 Å². The van der Waals surface area contributed by atoms with Crippen molar-refractivity contribution in [3.05, 3.63) is 58.1 Å². The van der Waals surface area contributed by atoms with Gasteiger partial charge in [0.25, 0.3) is 5.69 Å². The van der Waals surface area contributed by atoms with Crippen molar-refractivity contribution in [3.8, 4) is 6.07 Å². The molecular formula is C18H15N5O2S. The molecule has 8 heteroatoms. The van der Waals surface area contributed by atoms with Crippen molar-refractivity contribution < 1.29 is 4.92 Å². The van der Waals surface area contributed by atoms with E-state index in [1.54, 1.807) is 6.07 Å². The van der Waals surface area contributed by atoms with Crippen LogP contribution in [0.2, 0.25) is 0 Å². The Morgan fingerprint density at radius 1 is 1.12 bits per heavy atom. The van der Waals surface area contributed by atoms with Gasteiger partial charge in [-0.2, -0.15) is 9.64 Å². The van der Waals surface area contributed by atoms with Crippen LogP contribution in [0.5, 0.6) is 0 Å². The quantitative estimate of drug-likeness (QED) is 0.522. The lowest BCUT2D eigenvalue weighted by Crippen LogP contribution is -2.47. The van der Waals surface area contributed by atoms with Crippen molar-refractivity contribution in [2.75, 3.05) is 36.0 Å². The molecule has 0 amide bonds. The van der Waals surface area contributed by atoms with Crippen LogP contribution in [-0.4, -0.2) is 35.5 Å². The summed E-state index contributed by atoms with van der Waals surface area (Å²) < 4.78 is 5.78. The van der Waals surface area contributed by atoms with E-state index in [2.05, 4.69) is 32.4 Å². The average Bonchev–Trinajstić information content (AvgIpc) is 3.11. The van der Waals surface area contributed by atoms with Crippen molar-refractivity contribution in [3.63, 3.8) is 0 Å². The molecule has 130 valence electrons. The molecule has 0 saturated carbocycles. The standard InChI is InChI=1S/C18H15N5O2S/c19-12-13-11-14(23(24)25)5-6-16(13)21-7-9-22(10-8-21)18-15-3-1-2-4-17(15)26-20-18/h1-6,11H,7-10H2. The van der Waals surface area contributed by atoms with E-state index in [4.69, 9.17) is 0 Å². The molecule has 0 unspecified atom stereocenters. The number of fused-ring (bicyclic) bond motifs is 1. The number of aromatic nitrogens is 1. The summed E-state index contributed by atoms with van der Waals surface area (Å²) in [6, 6.07) is 14.7. The monoisotopic (exact) mass is 365 g/mol. The fraction of sp³-hybridized carbons (Fsp3) is 0.222. The van der Waals surface area contributed by atoms with Gasteiger partial charge in [-0.25, -0.2) is 0 Å². The zero-order chi connectivity index (χ0) is 18.1. The van der Waals surface area contributed by atoms with Crippen molar-refractivity contribution >= 4 is 38.8 Å². The number of hydrogen-bond donors (Lipinski definition) is 0. The number of nitrogens with zero attached hydrogens (tertiary/aromatic N) is 5. The van der Waals surface area contributed by atoms with Gasteiger partial charge in [0.15, 0.2) is 0 Å². The molecule has 26 heavy (non-hydrogen) atoms. The van der Waals surface area contributed by atoms with Crippen molar-refractivity contribution in [2.24, 2.45) is 0 Å². The fourth-order valence-electron chi connectivity index (χ4n) is 3.26. The lowest BCUT2D eigenvalue weighted by atomic mass is 10.1. The Bertz CT molecular complexity index is 1020. The highest BCUT2D eigenvalue weighted by molar-refractivity contribution is 7.13. The molecule has 0 radical (unpaired) electrons. The number of anilines is 2. The first-order chi connectivity index (χ1) is 12.7. The highest BCUT2D eigenvalue weighted by Crippen LogP contribution is 2.31. The predicted octanol–water partition coefficient (Wildman–Crippen LogP) is 3.40. The van der Waals surface area contributed by atoms with Crippen LogP contribution in [0.15, 0.2) is 42.5 Å². The molecule has 0 spiro atoms. The Hall–Kier alpha value is -3.18. The van der Waals surface area contributed by atoms with E-state index in [0.29, 0.717) is 5.56 Å². The Morgan fingerprint density at radius 3 is 2.58 bits per heavy atom. The third-order valence-electron chi connectivity index (χ3n) is 4.59. The number of nitriles is 1. The third kappa shape index (κ3) is 2.82. The van der Waals surface area contributed by atoms with Crippen molar-refractivity contribution in [1.29, 1.82) is 5.26 Å².